The molecule has 2 nitrogen and oxygen atoms in total. The highest BCUT2D eigenvalue weighted by Gasteiger charge is 2.40. The number of anilines is 1. The van der Waals surface area contributed by atoms with E-state index < -0.39 is 0 Å². The van der Waals surface area contributed by atoms with Crippen molar-refractivity contribution >= 4 is 16.5 Å². The van der Waals surface area contributed by atoms with Crippen molar-refractivity contribution in [3.8, 4) is 0 Å². The molecule has 0 saturated carbocycles. The molecular weight excluding hydrogens is 222 g/mol. The molecule has 4 rings (SSSR count). The van der Waals surface area contributed by atoms with Gasteiger partial charge in [-0.2, -0.15) is 0 Å². The smallest absolute Gasteiger partial charge is 0.0781 e. The number of rotatable bonds is 2. The second-order valence-corrected chi connectivity index (χ2v) is 5.42. The Morgan fingerprint density at radius 3 is 2.67 bits per heavy atom. The van der Waals surface area contributed by atoms with Crippen molar-refractivity contribution in [2.24, 2.45) is 0 Å². The van der Waals surface area contributed by atoms with E-state index in [1.165, 1.54) is 29.3 Å². The van der Waals surface area contributed by atoms with Gasteiger partial charge in [0.2, 0.25) is 0 Å². The van der Waals surface area contributed by atoms with Crippen LogP contribution in [0.2, 0.25) is 0 Å². The van der Waals surface area contributed by atoms with Crippen LogP contribution in [-0.2, 0) is 4.74 Å². The average molecular weight is 239 g/mol. The van der Waals surface area contributed by atoms with E-state index in [4.69, 9.17) is 4.74 Å². The summed E-state index contributed by atoms with van der Waals surface area (Å²) >= 11 is 0. The van der Waals surface area contributed by atoms with E-state index in [1.807, 2.05) is 0 Å². The largest absolute Gasteiger partial charge is 0.380 e. The first-order chi connectivity index (χ1) is 8.88. The SMILES string of the molecule is c1ccc2cc(NC3CC4CCC3O4)ccc2c1. The van der Waals surface area contributed by atoms with E-state index in [-0.39, 0.29) is 0 Å². The number of nitrogens with one attached hydrogen (secondary N) is 1. The number of fused-ring (bicyclic) bond motifs is 3. The van der Waals surface area contributed by atoms with E-state index >= 15 is 0 Å². The third-order valence-corrected chi connectivity index (χ3v) is 4.21. The lowest BCUT2D eigenvalue weighted by atomic mass is 9.95. The molecule has 3 atom stereocenters. The van der Waals surface area contributed by atoms with Gasteiger partial charge in [0.05, 0.1) is 18.2 Å². The summed E-state index contributed by atoms with van der Waals surface area (Å²) in [6.07, 6.45) is 4.57. The van der Waals surface area contributed by atoms with Crippen molar-refractivity contribution in [1.29, 1.82) is 0 Å². The molecule has 3 unspecified atom stereocenters. The second-order valence-electron chi connectivity index (χ2n) is 5.42. The van der Waals surface area contributed by atoms with Gasteiger partial charge in [0.25, 0.3) is 0 Å². The standard InChI is InChI=1S/C16H17NO/c1-2-4-12-9-13(6-5-11(12)3-1)17-15-10-14-7-8-16(15)18-14/h1-6,9,14-17H,7-8,10H2. The zero-order valence-electron chi connectivity index (χ0n) is 10.3. The van der Waals surface area contributed by atoms with Crippen LogP contribution in [0.25, 0.3) is 10.8 Å². The normalized spacial score (nSPS) is 29.9. The van der Waals surface area contributed by atoms with Crippen LogP contribution in [0.15, 0.2) is 42.5 Å². The maximum absolute atomic E-state index is 5.88. The fraction of sp³-hybridized carbons (Fsp3) is 0.375. The molecule has 1 N–H and O–H groups in total. The van der Waals surface area contributed by atoms with Crippen LogP contribution in [-0.4, -0.2) is 18.2 Å². The maximum atomic E-state index is 5.88. The number of hydrogen-bond donors (Lipinski definition) is 1. The van der Waals surface area contributed by atoms with Crippen LogP contribution < -0.4 is 5.32 Å². The molecule has 0 amide bonds. The molecular formula is C16H17NO. The van der Waals surface area contributed by atoms with Gasteiger partial charge in [-0.3, -0.25) is 0 Å². The molecule has 2 aromatic rings. The van der Waals surface area contributed by atoms with Crippen molar-refractivity contribution < 1.29 is 4.74 Å². The lowest BCUT2D eigenvalue weighted by Gasteiger charge is -2.21. The summed E-state index contributed by atoms with van der Waals surface area (Å²) < 4.78 is 5.88. The monoisotopic (exact) mass is 239 g/mol. The molecule has 2 fully saturated rings. The molecule has 2 aliphatic heterocycles. The van der Waals surface area contributed by atoms with Gasteiger partial charge < -0.3 is 10.1 Å². The van der Waals surface area contributed by atoms with Crippen LogP contribution in [0.1, 0.15) is 19.3 Å². The zero-order chi connectivity index (χ0) is 11.9. The van der Waals surface area contributed by atoms with Gasteiger partial charge >= 0.3 is 0 Å². The van der Waals surface area contributed by atoms with Crippen molar-refractivity contribution in [2.45, 2.75) is 37.5 Å². The molecule has 2 heterocycles. The summed E-state index contributed by atoms with van der Waals surface area (Å²) in [4.78, 5) is 0. The molecule has 0 aromatic heterocycles. The van der Waals surface area contributed by atoms with Gasteiger partial charge in [-0.1, -0.05) is 30.3 Å². The summed E-state index contributed by atoms with van der Waals surface area (Å²) in [6, 6.07) is 15.6. The Labute approximate surface area is 107 Å². The predicted octanol–water partition coefficient (Wildman–Crippen LogP) is 3.57. The molecule has 2 aromatic carbocycles. The lowest BCUT2D eigenvalue weighted by molar-refractivity contribution is 0.102. The Morgan fingerprint density at radius 1 is 1.00 bits per heavy atom. The Balaban J connectivity index is 1.59. The van der Waals surface area contributed by atoms with Crippen LogP contribution in [0, 0.1) is 0 Å². The van der Waals surface area contributed by atoms with Crippen molar-refractivity contribution in [2.75, 3.05) is 5.32 Å². The van der Waals surface area contributed by atoms with Crippen molar-refractivity contribution in [1.82, 2.24) is 0 Å². The fourth-order valence-electron chi connectivity index (χ4n) is 3.28. The summed E-state index contributed by atoms with van der Waals surface area (Å²) in [5.41, 5.74) is 1.22. The first kappa shape index (κ1) is 10.4. The lowest BCUT2D eigenvalue weighted by Crippen LogP contribution is -2.30. The minimum atomic E-state index is 0.432. The quantitative estimate of drug-likeness (QED) is 0.865. The van der Waals surface area contributed by atoms with Gasteiger partial charge in [-0.25, -0.2) is 0 Å². The van der Waals surface area contributed by atoms with E-state index in [9.17, 15) is 0 Å². The van der Waals surface area contributed by atoms with E-state index in [0.29, 0.717) is 18.2 Å². The minimum absolute atomic E-state index is 0.432. The molecule has 2 bridgehead atoms. The summed E-state index contributed by atoms with van der Waals surface area (Å²) in [5, 5.41) is 6.24. The molecule has 18 heavy (non-hydrogen) atoms. The molecule has 0 aliphatic carbocycles. The molecule has 92 valence electrons. The molecule has 0 radical (unpaired) electrons. The summed E-state index contributed by atoms with van der Waals surface area (Å²) in [7, 11) is 0. The molecule has 2 aliphatic rings. The van der Waals surface area contributed by atoms with Gasteiger partial charge in [-0.05, 0) is 42.2 Å². The van der Waals surface area contributed by atoms with Crippen LogP contribution in [0.3, 0.4) is 0 Å². The summed E-state index contributed by atoms with van der Waals surface area (Å²) in [6.45, 7) is 0. The number of benzene rings is 2. The molecule has 0 spiro atoms. The van der Waals surface area contributed by atoms with E-state index in [1.54, 1.807) is 0 Å². The highest BCUT2D eigenvalue weighted by atomic mass is 16.5. The minimum Gasteiger partial charge on any atom is -0.380 e. The van der Waals surface area contributed by atoms with Gasteiger partial charge in [0.1, 0.15) is 0 Å². The summed E-state index contributed by atoms with van der Waals surface area (Å²) in [5.74, 6) is 0. The highest BCUT2D eigenvalue weighted by molar-refractivity contribution is 5.85. The van der Waals surface area contributed by atoms with Crippen LogP contribution >= 0.6 is 0 Å². The Kier molecular flexibility index (Phi) is 2.30. The Bertz CT molecular complexity index is 580. The van der Waals surface area contributed by atoms with Gasteiger partial charge in [0, 0.05) is 5.69 Å². The topological polar surface area (TPSA) is 21.3 Å². The molecule has 2 heteroatoms. The number of ether oxygens (including phenoxy) is 1. The van der Waals surface area contributed by atoms with Crippen molar-refractivity contribution in [3.63, 3.8) is 0 Å². The fourth-order valence-corrected chi connectivity index (χ4v) is 3.28. The predicted molar refractivity (Wildman–Crippen MR) is 73.9 cm³/mol. The van der Waals surface area contributed by atoms with Gasteiger partial charge in [0.15, 0.2) is 0 Å². The second kappa shape index (κ2) is 3.99. The van der Waals surface area contributed by atoms with E-state index in [0.717, 1.165) is 6.42 Å². The number of hydrogen-bond acceptors (Lipinski definition) is 2. The first-order valence-electron chi connectivity index (χ1n) is 6.79. The molecule has 2 saturated heterocycles. The average Bonchev–Trinajstić information content (AvgIpc) is 3.01. The van der Waals surface area contributed by atoms with E-state index in [2.05, 4.69) is 47.8 Å². The highest BCUT2D eigenvalue weighted by Crippen LogP contribution is 2.36. The zero-order valence-corrected chi connectivity index (χ0v) is 10.3. The maximum Gasteiger partial charge on any atom is 0.0781 e. The Morgan fingerprint density at radius 2 is 1.89 bits per heavy atom. The Hall–Kier alpha value is -1.54. The van der Waals surface area contributed by atoms with Crippen LogP contribution in [0.4, 0.5) is 5.69 Å². The van der Waals surface area contributed by atoms with Crippen molar-refractivity contribution in [3.05, 3.63) is 42.5 Å². The first-order valence-corrected chi connectivity index (χ1v) is 6.79. The van der Waals surface area contributed by atoms with Gasteiger partial charge in [-0.15, -0.1) is 0 Å². The third-order valence-electron chi connectivity index (χ3n) is 4.21. The third kappa shape index (κ3) is 1.68. The van der Waals surface area contributed by atoms with Crippen LogP contribution in [0.5, 0.6) is 0 Å².